The molecule has 0 radical (unpaired) electrons. The summed E-state index contributed by atoms with van der Waals surface area (Å²) in [6.45, 7) is 10.6. The molecule has 1 atom stereocenters. The minimum absolute atomic E-state index is 0.0722. The zero-order valence-corrected chi connectivity index (χ0v) is 21.2. The third-order valence-electron chi connectivity index (χ3n) is 5.73. The largest absolute Gasteiger partial charge is 0.489 e. The van der Waals surface area contributed by atoms with Crippen molar-refractivity contribution in [3.63, 3.8) is 0 Å². The number of hydrogen-bond donors (Lipinski definition) is 3. The molecule has 9 nitrogen and oxygen atoms in total. The number of aryl methyl sites for hydroxylation is 1. The monoisotopic (exact) mass is 491 g/mol. The number of rotatable bonds is 11. The van der Waals surface area contributed by atoms with Gasteiger partial charge >= 0.3 is 6.03 Å². The summed E-state index contributed by atoms with van der Waals surface area (Å²) < 4.78 is 11.9. The fraction of sp³-hybridized carbons (Fsp3) is 0.370. The summed E-state index contributed by atoms with van der Waals surface area (Å²) in [5.41, 5.74) is 2.46. The van der Waals surface area contributed by atoms with E-state index in [0.717, 1.165) is 18.7 Å². The first-order valence-corrected chi connectivity index (χ1v) is 12.1. The van der Waals surface area contributed by atoms with Gasteiger partial charge in [0.1, 0.15) is 36.0 Å². The standard InChI is InChI=1S/C27H33N5O4/c1-5-29-27(34)31-23-9-8-21(12-18(23)4)36-25-10-11-30-24-14-26(19(15-28)13-22(24)25)35-17-20(33)16-32(6-2)7-3/h8-14,20,33H,5-7,16-17H2,1-4H3,(H2,29,31,34)/t20-/m1/s1. The molecule has 0 aliphatic rings. The molecule has 0 aliphatic carbocycles. The van der Waals surface area contributed by atoms with Crippen LogP contribution in [-0.4, -0.2) is 59.9 Å². The maximum absolute atomic E-state index is 11.8. The number of fused-ring (bicyclic) bond motifs is 1. The first-order valence-electron chi connectivity index (χ1n) is 12.1. The molecular formula is C27H33N5O4. The van der Waals surface area contributed by atoms with Crippen molar-refractivity contribution in [2.75, 3.05) is 38.1 Å². The van der Waals surface area contributed by atoms with Gasteiger partial charge in [0.2, 0.25) is 0 Å². The molecule has 1 aromatic heterocycles. The Labute approximate surface area is 211 Å². The fourth-order valence-electron chi connectivity index (χ4n) is 3.76. The molecule has 0 saturated heterocycles. The van der Waals surface area contributed by atoms with Crippen molar-refractivity contribution in [2.45, 2.75) is 33.8 Å². The zero-order chi connectivity index (χ0) is 26.1. The van der Waals surface area contributed by atoms with E-state index in [0.29, 0.717) is 52.5 Å². The Balaban J connectivity index is 1.80. The highest BCUT2D eigenvalue weighted by Crippen LogP contribution is 2.34. The molecule has 2 aromatic carbocycles. The minimum atomic E-state index is -0.677. The smallest absolute Gasteiger partial charge is 0.319 e. The van der Waals surface area contributed by atoms with Gasteiger partial charge in [0, 0.05) is 36.4 Å². The second kappa shape index (κ2) is 12.7. The van der Waals surface area contributed by atoms with E-state index in [2.05, 4.69) is 26.6 Å². The van der Waals surface area contributed by atoms with Gasteiger partial charge in [-0.1, -0.05) is 13.8 Å². The van der Waals surface area contributed by atoms with Crippen LogP contribution in [0.5, 0.6) is 17.2 Å². The number of urea groups is 1. The molecule has 1 heterocycles. The van der Waals surface area contributed by atoms with Gasteiger partial charge in [-0.2, -0.15) is 5.26 Å². The lowest BCUT2D eigenvalue weighted by molar-refractivity contribution is 0.0716. The predicted molar refractivity (Wildman–Crippen MR) is 140 cm³/mol. The molecule has 2 amide bonds. The average molecular weight is 492 g/mol. The highest BCUT2D eigenvalue weighted by molar-refractivity contribution is 5.90. The second-order valence-electron chi connectivity index (χ2n) is 8.30. The number of nitriles is 1. The fourth-order valence-corrected chi connectivity index (χ4v) is 3.76. The quantitative estimate of drug-likeness (QED) is 0.363. The molecule has 3 aromatic rings. The van der Waals surface area contributed by atoms with Crippen LogP contribution < -0.4 is 20.1 Å². The number of benzene rings is 2. The topological polar surface area (TPSA) is 120 Å². The zero-order valence-electron chi connectivity index (χ0n) is 21.2. The Bertz CT molecular complexity index is 1240. The molecular weight excluding hydrogens is 458 g/mol. The Morgan fingerprint density at radius 3 is 2.61 bits per heavy atom. The number of anilines is 1. The Morgan fingerprint density at radius 2 is 1.94 bits per heavy atom. The predicted octanol–water partition coefficient (Wildman–Crippen LogP) is 4.43. The number of likely N-dealkylation sites (N-methyl/N-ethyl adjacent to an activating group) is 1. The molecule has 9 heteroatoms. The van der Waals surface area contributed by atoms with Crippen molar-refractivity contribution >= 4 is 22.6 Å². The van der Waals surface area contributed by atoms with Crippen LogP contribution in [0.15, 0.2) is 42.6 Å². The number of nitrogens with one attached hydrogen (secondary N) is 2. The molecule has 0 bridgehead atoms. The summed E-state index contributed by atoms with van der Waals surface area (Å²) in [7, 11) is 0. The van der Waals surface area contributed by atoms with Crippen molar-refractivity contribution in [3.05, 3.63) is 53.7 Å². The molecule has 0 saturated carbocycles. The van der Waals surface area contributed by atoms with Crippen molar-refractivity contribution in [3.8, 4) is 23.3 Å². The van der Waals surface area contributed by atoms with Crippen molar-refractivity contribution in [2.24, 2.45) is 0 Å². The van der Waals surface area contributed by atoms with Crippen LogP contribution in [0.1, 0.15) is 31.9 Å². The number of hydrogen-bond acceptors (Lipinski definition) is 7. The van der Waals surface area contributed by atoms with Gasteiger partial charge in [-0.3, -0.25) is 4.98 Å². The van der Waals surface area contributed by atoms with Crippen LogP contribution in [0.3, 0.4) is 0 Å². The van der Waals surface area contributed by atoms with Gasteiger partial charge in [-0.15, -0.1) is 0 Å². The van der Waals surface area contributed by atoms with E-state index in [1.807, 2.05) is 33.8 Å². The van der Waals surface area contributed by atoms with Crippen molar-refractivity contribution in [1.29, 1.82) is 5.26 Å². The number of aromatic nitrogens is 1. The van der Waals surface area contributed by atoms with E-state index in [1.54, 1.807) is 36.5 Å². The molecule has 3 rings (SSSR count). The maximum atomic E-state index is 11.8. The lowest BCUT2D eigenvalue weighted by atomic mass is 10.1. The summed E-state index contributed by atoms with van der Waals surface area (Å²) >= 11 is 0. The Morgan fingerprint density at radius 1 is 1.17 bits per heavy atom. The molecule has 3 N–H and O–H groups in total. The van der Waals surface area contributed by atoms with Crippen LogP contribution in [0.4, 0.5) is 10.5 Å². The molecule has 0 aliphatic heterocycles. The average Bonchev–Trinajstić information content (AvgIpc) is 2.87. The Kier molecular flexibility index (Phi) is 9.45. The third-order valence-corrected chi connectivity index (χ3v) is 5.73. The molecule has 0 spiro atoms. The number of nitrogens with zero attached hydrogens (tertiary/aromatic N) is 3. The van der Waals surface area contributed by atoms with Gasteiger partial charge in [0.25, 0.3) is 0 Å². The highest BCUT2D eigenvalue weighted by Gasteiger charge is 2.15. The van der Waals surface area contributed by atoms with Crippen LogP contribution in [0.25, 0.3) is 10.9 Å². The number of amides is 2. The minimum Gasteiger partial charge on any atom is -0.489 e. The lowest BCUT2D eigenvalue weighted by Crippen LogP contribution is -2.35. The number of carbonyl (C=O) groups is 1. The summed E-state index contributed by atoms with van der Waals surface area (Å²) in [5, 5.41) is 26.2. The lowest BCUT2D eigenvalue weighted by Gasteiger charge is -2.22. The van der Waals surface area contributed by atoms with Gasteiger partial charge in [0.05, 0.1) is 11.1 Å². The number of aliphatic hydroxyl groups is 1. The van der Waals surface area contributed by atoms with Crippen molar-refractivity contribution in [1.82, 2.24) is 15.2 Å². The number of pyridine rings is 1. The third kappa shape index (κ3) is 6.84. The van der Waals surface area contributed by atoms with E-state index in [4.69, 9.17) is 9.47 Å². The van der Waals surface area contributed by atoms with E-state index >= 15 is 0 Å². The van der Waals surface area contributed by atoms with E-state index in [9.17, 15) is 15.2 Å². The van der Waals surface area contributed by atoms with E-state index in [-0.39, 0.29) is 12.6 Å². The van der Waals surface area contributed by atoms with Crippen LogP contribution >= 0.6 is 0 Å². The highest BCUT2D eigenvalue weighted by atomic mass is 16.5. The van der Waals surface area contributed by atoms with E-state index < -0.39 is 6.10 Å². The SMILES string of the molecule is CCNC(=O)Nc1ccc(Oc2ccnc3cc(OC[C@H](O)CN(CC)CC)c(C#N)cc23)cc1C. The van der Waals surface area contributed by atoms with Crippen LogP contribution in [0.2, 0.25) is 0 Å². The van der Waals surface area contributed by atoms with Gasteiger partial charge in [0.15, 0.2) is 0 Å². The van der Waals surface area contributed by atoms with Gasteiger partial charge in [-0.05, 0) is 62.8 Å². The maximum Gasteiger partial charge on any atom is 0.319 e. The van der Waals surface area contributed by atoms with Crippen molar-refractivity contribution < 1.29 is 19.4 Å². The first kappa shape index (κ1) is 26.7. The number of ether oxygens (including phenoxy) is 2. The molecule has 190 valence electrons. The summed E-state index contributed by atoms with van der Waals surface area (Å²) in [4.78, 5) is 18.3. The Hall–Kier alpha value is -3.87. The normalized spacial score (nSPS) is 11.7. The summed E-state index contributed by atoms with van der Waals surface area (Å²) in [6.07, 6.45) is 0.948. The number of carbonyl (C=O) groups excluding carboxylic acids is 1. The first-order chi connectivity index (χ1) is 17.4. The van der Waals surface area contributed by atoms with E-state index in [1.165, 1.54) is 0 Å². The molecule has 0 unspecified atom stereocenters. The van der Waals surface area contributed by atoms with Gasteiger partial charge < -0.3 is 30.1 Å². The summed E-state index contributed by atoms with van der Waals surface area (Å²) in [6, 6.07) is 12.4. The van der Waals surface area contributed by atoms with Crippen LogP contribution in [-0.2, 0) is 0 Å². The number of aliphatic hydroxyl groups excluding tert-OH is 1. The second-order valence-corrected chi connectivity index (χ2v) is 8.30. The molecule has 36 heavy (non-hydrogen) atoms. The van der Waals surface area contributed by atoms with Crippen LogP contribution in [0, 0.1) is 18.3 Å². The molecule has 0 fully saturated rings. The van der Waals surface area contributed by atoms with Gasteiger partial charge in [-0.25, -0.2) is 4.79 Å². The summed E-state index contributed by atoms with van der Waals surface area (Å²) in [5.74, 6) is 1.48.